The lowest BCUT2D eigenvalue weighted by Gasteiger charge is -2.14. The minimum atomic E-state index is -0.254. The van der Waals surface area contributed by atoms with E-state index in [2.05, 4.69) is 5.32 Å². The van der Waals surface area contributed by atoms with E-state index in [9.17, 15) is 9.59 Å². The first-order valence-corrected chi connectivity index (χ1v) is 8.82. The Morgan fingerprint density at radius 1 is 1.04 bits per heavy atom. The summed E-state index contributed by atoms with van der Waals surface area (Å²) in [6.45, 7) is 3.38. The first kappa shape index (κ1) is 16.4. The van der Waals surface area contributed by atoms with Crippen molar-refractivity contribution in [1.82, 2.24) is 4.90 Å². The molecule has 5 nitrogen and oxygen atoms in total. The minimum absolute atomic E-state index is 0.168. The van der Waals surface area contributed by atoms with Crippen molar-refractivity contribution in [2.75, 3.05) is 18.4 Å². The Kier molecular flexibility index (Phi) is 4.21. The Bertz CT molecular complexity index is 984. The lowest BCUT2D eigenvalue weighted by molar-refractivity contribution is 0.0765. The Hall–Kier alpha value is -3.08. The van der Waals surface area contributed by atoms with Gasteiger partial charge in [0.15, 0.2) is 0 Å². The van der Waals surface area contributed by atoms with E-state index in [1.54, 1.807) is 17.0 Å². The van der Waals surface area contributed by atoms with Crippen molar-refractivity contribution in [2.45, 2.75) is 19.8 Å². The fourth-order valence-corrected chi connectivity index (χ4v) is 3.36. The summed E-state index contributed by atoms with van der Waals surface area (Å²) >= 11 is 0. The number of rotatable bonds is 3. The maximum atomic E-state index is 12.9. The molecule has 1 fully saturated rings. The number of furan rings is 1. The van der Waals surface area contributed by atoms with E-state index in [-0.39, 0.29) is 17.6 Å². The van der Waals surface area contributed by atoms with E-state index in [0.717, 1.165) is 36.9 Å². The van der Waals surface area contributed by atoms with Crippen LogP contribution in [-0.4, -0.2) is 29.8 Å². The predicted molar refractivity (Wildman–Crippen MR) is 100 cm³/mol. The normalized spacial score (nSPS) is 14.0. The number of para-hydroxylation sites is 1. The van der Waals surface area contributed by atoms with Crippen molar-refractivity contribution in [3.8, 4) is 0 Å². The number of anilines is 1. The fraction of sp³-hybridized carbons (Fsp3) is 0.238. The van der Waals surface area contributed by atoms with Gasteiger partial charge in [0.25, 0.3) is 11.8 Å². The maximum absolute atomic E-state index is 12.9. The van der Waals surface area contributed by atoms with Gasteiger partial charge in [-0.2, -0.15) is 0 Å². The molecule has 26 heavy (non-hydrogen) atoms. The van der Waals surface area contributed by atoms with Gasteiger partial charge >= 0.3 is 0 Å². The third-order valence-electron chi connectivity index (χ3n) is 4.70. The van der Waals surface area contributed by atoms with Gasteiger partial charge in [-0.3, -0.25) is 9.59 Å². The number of aryl methyl sites for hydroxylation is 1. The summed E-state index contributed by atoms with van der Waals surface area (Å²) in [4.78, 5) is 27.4. The van der Waals surface area contributed by atoms with Gasteiger partial charge in [0.05, 0.1) is 0 Å². The molecular weight excluding hydrogens is 328 g/mol. The van der Waals surface area contributed by atoms with Gasteiger partial charge in [-0.05, 0) is 44.0 Å². The smallest absolute Gasteiger partial charge is 0.291 e. The molecule has 2 amide bonds. The number of likely N-dealkylation sites (tertiary alicyclic amines) is 1. The molecule has 0 bridgehead atoms. The number of fused-ring (bicyclic) bond motifs is 1. The molecule has 132 valence electrons. The van der Waals surface area contributed by atoms with Crippen LogP contribution in [0.15, 0.2) is 52.9 Å². The molecule has 0 spiro atoms. The molecule has 3 aromatic rings. The number of carbonyl (C=O) groups excluding carboxylic acids is 2. The van der Waals surface area contributed by atoms with E-state index < -0.39 is 0 Å². The Morgan fingerprint density at radius 3 is 2.58 bits per heavy atom. The molecule has 2 aromatic carbocycles. The average Bonchev–Trinajstić information content (AvgIpc) is 3.30. The van der Waals surface area contributed by atoms with Gasteiger partial charge in [-0.15, -0.1) is 0 Å². The SMILES string of the molecule is Cc1cccc(C(=O)Nc2c(C(=O)N3CCCC3)oc3ccccc23)c1. The number of nitrogens with one attached hydrogen (secondary N) is 1. The molecule has 1 aliphatic rings. The number of benzene rings is 2. The second-order valence-electron chi connectivity index (χ2n) is 6.63. The summed E-state index contributed by atoms with van der Waals surface area (Å²) in [5.41, 5.74) is 2.59. The lowest BCUT2D eigenvalue weighted by Crippen LogP contribution is -2.28. The standard InChI is InChI=1S/C21H20N2O3/c1-14-7-6-8-15(13-14)20(24)22-18-16-9-2-3-10-17(16)26-19(18)21(25)23-11-4-5-12-23/h2-3,6-10,13H,4-5,11-12H2,1H3,(H,22,24). The van der Waals surface area contributed by atoms with Crippen LogP contribution in [0.2, 0.25) is 0 Å². The summed E-state index contributed by atoms with van der Waals surface area (Å²) in [6, 6.07) is 14.7. The quantitative estimate of drug-likeness (QED) is 0.770. The van der Waals surface area contributed by atoms with Crippen LogP contribution in [0.4, 0.5) is 5.69 Å². The molecule has 0 atom stereocenters. The second-order valence-corrected chi connectivity index (χ2v) is 6.63. The van der Waals surface area contributed by atoms with E-state index in [1.165, 1.54) is 0 Å². The molecule has 0 unspecified atom stereocenters. The Morgan fingerprint density at radius 2 is 1.81 bits per heavy atom. The van der Waals surface area contributed by atoms with Crippen molar-refractivity contribution in [2.24, 2.45) is 0 Å². The van der Waals surface area contributed by atoms with Crippen LogP contribution < -0.4 is 5.32 Å². The Balaban J connectivity index is 1.74. The van der Waals surface area contributed by atoms with Crippen LogP contribution in [0, 0.1) is 6.92 Å². The number of nitrogens with zero attached hydrogens (tertiary/aromatic N) is 1. The summed E-state index contributed by atoms with van der Waals surface area (Å²) in [6.07, 6.45) is 1.99. The molecule has 1 saturated heterocycles. The number of carbonyl (C=O) groups is 2. The molecule has 1 aliphatic heterocycles. The Labute approximate surface area is 151 Å². The average molecular weight is 348 g/mol. The van der Waals surface area contributed by atoms with Crippen LogP contribution in [-0.2, 0) is 0 Å². The minimum Gasteiger partial charge on any atom is -0.449 e. The van der Waals surface area contributed by atoms with Crippen molar-refractivity contribution >= 4 is 28.5 Å². The van der Waals surface area contributed by atoms with Crippen molar-refractivity contribution in [3.05, 3.63) is 65.4 Å². The second kappa shape index (κ2) is 6.67. The van der Waals surface area contributed by atoms with Gasteiger partial charge in [-0.1, -0.05) is 29.8 Å². The van der Waals surface area contributed by atoms with Crippen molar-refractivity contribution in [1.29, 1.82) is 0 Å². The highest BCUT2D eigenvalue weighted by atomic mass is 16.3. The maximum Gasteiger partial charge on any atom is 0.291 e. The topological polar surface area (TPSA) is 62.6 Å². The molecule has 0 aliphatic carbocycles. The van der Waals surface area contributed by atoms with Gasteiger partial charge in [0.2, 0.25) is 5.76 Å². The molecule has 4 rings (SSSR count). The zero-order chi connectivity index (χ0) is 18.1. The van der Waals surface area contributed by atoms with Gasteiger partial charge in [-0.25, -0.2) is 0 Å². The first-order valence-electron chi connectivity index (χ1n) is 8.82. The van der Waals surface area contributed by atoms with E-state index in [0.29, 0.717) is 16.8 Å². The number of amides is 2. The van der Waals surface area contributed by atoms with E-state index in [1.807, 2.05) is 43.3 Å². The summed E-state index contributed by atoms with van der Waals surface area (Å²) < 4.78 is 5.83. The fourth-order valence-electron chi connectivity index (χ4n) is 3.36. The zero-order valence-electron chi connectivity index (χ0n) is 14.6. The third-order valence-corrected chi connectivity index (χ3v) is 4.70. The largest absolute Gasteiger partial charge is 0.449 e. The van der Waals surface area contributed by atoms with Crippen LogP contribution in [0.1, 0.15) is 39.3 Å². The molecule has 2 heterocycles. The van der Waals surface area contributed by atoms with Gasteiger partial charge < -0.3 is 14.6 Å². The number of hydrogen-bond donors (Lipinski definition) is 1. The zero-order valence-corrected chi connectivity index (χ0v) is 14.6. The van der Waals surface area contributed by atoms with E-state index >= 15 is 0 Å². The van der Waals surface area contributed by atoms with Gasteiger partial charge in [0.1, 0.15) is 11.3 Å². The summed E-state index contributed by atoms with van der Waals surface area (Å²) in [5, 5.41) is 3.63. The summed E-state index contributed by atoms with van der Waals surface area (Å²) in [7, 11) is 0. The van der Waals surface area contributed by atoms with Crippen LogP contribution in [0.3, 0.4) is 0 Å². The molecule has 1 N–H and O–H groups in total. The molecule has 0 radical (unpaired) electrons. The summed E-state index contributed by atoms with van der Waals surface area (Å²) in [5.74, 6) is -0.219. The molecule has 5 heteroatoms. The van der Waals surface area contributed by atoms with Gasteiger partial charge in [0, 0.05) is 24.0 Å². The monoisotopic (exact) mass is 348 g/mol. The van der Waals surface area contributed by atoms with Crippen molar-refractivity contribution < 1.29 is 14.0 Å². The molecule has 0 saturated carbocycles. The highest BCUT2D eigenvalue weighted by molar-refractivity contribution is 6.14. The number of hydrogen-bond acceptors (Lipinski definition) is 3. The van der Waals surface area contributed by atoms with Crippen LogP contribution >= 0.6 is 0 Å². The predicted octanol–water partition coefficient (Wildman–Crippen LogP) is 4.23. The lowest BCUT2D eigenvalue weighted by atomic mass is 10.1. The highest BCUT2D eigenvalue weighted by Crippen LogP contribution is 2.32. The highest BCUT2D eigenvalue weighted by Gasteiger charge is 2.28. The van der Waals surface area contributed by atoms with Crippen molar-refractivity contribution in [3.63, 3.8) is 0 Å². The molecular formula is C21H20N2O3. The van der Waals surface area contributed by atoms with Crippen LogP contribution in [0.5, 0.6) is 0 Å². The third kappa shape index (κ3) is 2.96. The van der Waals surface area contributed by atoms with E-state index in [4.69, 9.17) is 4.42 Å². The molecule has 1 aromatic heterocycles. The van der Waals surface area contributed by atoms with Crippen LogP contribution in [0.25, 0.3) is 11.0 Å². The first-order chi connectivity index (χ1) is 12.6.